The second-order valence-corrected chi connectivity index (χ2v) is 6.69. The summed E-state index contributed by atoms with van der Waals surface area (Å²) in [5.74, 6) is -0.206. The van der Waals surface area contributed by atoms with Gasteiger partial charge < -0.3 is 4.74 Å². The highest BCUT2D eigenvalue weighted by Gasteiger charge is 2.16. The van der Waals surface area contributed by atoms with Gasteiger partial charge in [0, 0.05) is 4.70 Å². The summed E-state index contributed by atoms with van der Waals surface area (Å²) >= 11 is 5.06. The van der Waals surface area contributed by atoms with Crippen LogP contribution in [0.2, 0.25) is 0 Å². The minimum atomic E-state index is -0.206. The van der Waals surface area contributed by atoms with Crippen LogP contribution in [-0.4, -0.2) is 12.6 Å². The third-order valence-electron chi connectivity index (χ3n) is 2.51. The van der Waals surface area contributed by atoms with Crippen molar-refractivity contribution >= 4 is 58.8 Å². The normalized spacial score (nSPS) is 11.4. The van der Waals surface area contributed by atoms with Crippen LogP contribution in [0.25, 0.3) is 18.8 Å². The van der Waals surface area contributed by atoms with E-state index in [0.717, 1.165) is 0 Å². The number of esters is 1. The lowest BCUT2D eigenvalue weighted by Gasteiger charge is -1.96. The van der Waals surface area contributed by atoms with E-state index in [1.54, 1.807) is 34.0 Å². The second kappa shape index (κ2) is 4.08. The summed E-state index contributed by atoms with van der Waals surface area (Å²) in [5, 5.41) is 2.17. The number of rotatable bonds is 2. The third-order valence-corrected chi connectivity index (χ3v) is 6.42. The van der Waals surface area contributed by atoms with Crippen molar-refractivity contribution in [3.8, 4) is 0 Å². The van der Waals surface area contributed by atoms with Gasteiger partial charge >= 0.3 is 5.97 Å². The lowest BCUT2D eigenvalue weighted by molar-refractivity contribution is 0.0532. The van der Waals surface area contributed by atoms with E-state index in [1.165, 1.54) is 24.4 Å². The van der Waals surface area contributed by atoms with Crippen LogP contribution < -0.4 is 0 Å². The lowest BCUT2D eigenvalue weighted by Crippen LogP contribution is -2.01. The highest BCUT2D eigenvalue weighted by molar-refractivity contribution is 7.38. The molecule has 5 heteroatoms. The van der Waals surface area contributed by atoms with Crippen molar-refractivity contribution < 1.29 is 9.53 Å². The van der Waals surface area contributed by atoms with E-state index in [-0.39, 0.29) is 5.97 Å². The Morgan fingerprint density at radius 1 is 1.29 bits per heavy atom. The molecule has 0 saturated heterocycles. The quantitative estimate of drug-likeness (QED) is 0.639. The summed E-state index contributed by atoms with van der Waals surface area (Å²) in [6, 6.07) is 1.95. The minimum Gasteiger partial charge on any atom is -0.462 e. The van der Waals surface area contributed by atoms with Gasteiger partial charge in [0.25, 0.3) is 0 Å². The molecule has 3 rings (SSSR count). The largest absolute Gasteiger partial charge is 0.462 e. The smallest absolute Gasteiger partial charge is 0.348 e. The Bertz CT molecular complexity index is 702. The van der Waals surface area contributed by atoms with Crippen LogP contribution in [0.1, 0.15) is 22.2 Å². The van der Waals surface area contributed by atoms with Crippen LogP contribution in [0.15, 0.2) is 11.4 Å². The molecule has 0 atom stereocenters. The topological polar surface area (TPSA) is 26.3 Å². The molecule has 17 heavy (non-hydrogen) atoms. The van der Waals surface area contributed by atoms with E-state index in [1.807, 2.05) is 13.0 Å². The molecule has 0 spiro atoms. The Balaban J connectivity index is 2.16. The molecule has 3 aromatic heterocycles. The molecule has 0 saturated carbocycles. The maximum Gasteiger partial charge on any atom is 0.348 e. The summed E-state index contributed by atoms with van der Waals surface area (Å²) in [5.41, 5.74) is 1.33. The fraction of sp³-hybridized carbons (Fsp3) is 0.250. The van der Waals surface area contributed by atoms with E-state index in [0.29, 0.717) is 11.5 Å². The van der Waals surface area contributed by atoms with Crippen molar-refractivity contribution in [3.05, 3.63) is 21.9 Å². The Labute approximate surface area is 110 Å². The number of carbonyl (C=O) groups excluding carboxylic acids is 1. The highest BCUT2D eigenvalue weighted by atomic mass is 32.1. The van der Waals surface area contributed by atoms with Crippen LogP contribution in [0.3, 0.4) is 0 Å². The number of aryl methyl sites for hydroxylation is 1. The van der Waals surface area contributed by atoms with Crippen molar-refractivity contribution in [2.45, 2.75) is 13.8 Å². The standard InChI is InChI=1S/C12H10O2S3/c1-3-14-12(13)8-4-7-10(17-8)11-9(16-7)6(2)5-15-11/h4-5H,3H2,1-2H3. The van der Waals surface area contributed by atoms with Gasteiger partial charge in [-0.2, -0.15) is 0 Å². The van der Waals surface area contributed by atoms with Crippen molar-refractivity contribution in [2.75, 3.05) is 6.61 Å². The van der Waals surface area contributed by atoms with Crippen LogP contribution >= 0.6 is 34.0 Å². The number of hydrogen-bond acceptors (Lipinski definition) is 5. The maximum atomic E-state index is 11.6. The summed E-state index contributed by atoms with van der Waals surface area (Å²) in [4.78, 5) is 12.4. The highest BCUT2D eigenvalue weighted by Crippen LogP contribution is 2.43. The van der Waals surface area contributed by atoms with E-state index < -0.39 is 0 Å². The molecule has 0 aromatic carbocycles. The van der Waals surface area contributed by atoms with Crippen molar-refractivity contribution in [1.82, 2.24) is 0 Å². The van der Waals surface area contributed by atoms with Gasteiger partial charge in [-0.3, -0.25) is 0 Å². The number of hydrogen-bond donors (Lipinski definition) is 0. The average Bonchev–Trinajstić information content (AvgIpc) is 2.91. The number of ether oxygens (including phenoxy) is 1. The van der Waals surface area contributed by atoms with Gasteiger partial charge in [-0.1, -0.05) is 0 Å². The fourth-order valence-electron chi connectivity index (χ4n) is 1.74. The van der Waals surface area contributed by atoms with Crippen molar-refractivity contribution in [1.29, 1.82) is 0 Å². The van der Waals surface area contributed by atoms with Crippen LogP contribution in [0.5, 0.6) is 0 Å². The van der Waals surface area contributed by atoms with Crippen LogP contribution in [0, 0.1) is 6.92 Å². The molecule has 0 radical (unpaired) electrons. The Kier molecular flexibility index (Phi) is 2.69. The summed E-state index contributed by atoms with van der Waals surface area (Å²) < 4.78 is 10.1. The number of thiophene rings is 3. The molecular formula is C12H10O2S3. The van der Waals surface area contributed by atoms with Crippen LogP contribution in [-0.2, 0) is 4.74 Å². The SMILES string of the molecule is CCOC(=O)c1cc2sc3c(C)csc3c2s1. The predicted molar refractivity (Wildman–Crippen MR) is 75.8 cm³/mol. The van der Waals surface area contributed by atoms with Gasteiger partial charge in [0.2, 0.25) is 0 Å². The summed E-state index contributed by atoms with van der Waals surface area (Å²) in [7, 11) is 0. The molecule has 0 aliphatic rings. The Morgan fingerprint density at radius 3 is 2.88 bits per heavy atom. The first-order valence-electron chi connectivity index (χ1n) is 5.28. The molecule has 0 N–H and O–H groups in total. The molecule has 3 heterocycles. The van der Waals surface area contributed by atoms with Gasteiger partial charge in [-0.05, 0) is 30.9 Å². The Hall–Kier alpha value is -0.910. The fourth-order valence-corrected chi connectivity index (χ4v) is 5.60. The monoisotopic (exact) mass is 282 g/mol. The molecule has 0 aliphatic heterocycles. The van der Waals surface area contributed by atoms with Crippen LogP contribution in [0.4, 0.5) is 0 Å². The zero-order valence-electron chi connectivity index (χ0n) is 9.40. The van der Waals surface area contributed by atoms with E-state index in [4.69, 9.17) is 4.74 Å². The second-order valence-electron chi connectivity index (χ2n) is 3.70. The first-order chi connectivity index (χ1) is 8.20. The zero-order chi connectivity index (χ0) is 12.0. The number of fused-ring (bicyclic) bond motifs is 3. The summed E-state index contributed by atoms with van der Waals surface area (Å²) in [6.07, 6.45) is 0. The first kappa shape index (κ1) is 11.2. The van der Waals surface area contributed by atoms with E-state index in [2.05, 4.69) is 12.3 Å². The van der Waals surface area contributed by atoms with Gasteiger partial charge in [0.15, 0.2) is 0 Å². The zero-order valence-corrected chi connectivity index (χ0v) is 11.9. The van der Waals surface area contributed by atoms with Gasteiger partial charge in [-0.25, -0.2) is 4.79 Å². The van der Waals surface area contributed by atoms with Crippen molar-refractivity contribution in [3.63, 3.8) is 0 Å². The molecule has 0 amide bonds. The van der Waals surface area contributed by atoms with Gasteiger partial charge in [0.05, 0.1) is 20.7 Å². The maximum absolute atomic E-state index is 11.6. The predicted octanol–water partition coefficient (Wildman–Crippen LogP) is 4.66. The van der Waals surface area contributed by atoms with E-state index >= 15 is 0 Å². The summed E-state index contributed by atoms with van der Waals surface area (Å²) in [6.45, 7) is 4.39. The molecule has 2 nitrogen and oxygen atoms in total. The molecular weight excluding hydrogens is 272 g/mol. The van der Waals surface area contributed by atoms with Gasteiger partial charge in [-0.15, -0.1) is 34.0 Å². The molecule has 0 fully saturated rings. The molecule has 0 aliphatic carbocycles. The lowest BCUT2D eigenvalue weighted by atomic mass is 10.3. The molecule has 3 aromatic rings. The molecule has 0 bridgehead atoms. The third kappa shape index (κ3) is 1.69. The average molecular weight is 282 g/mol. The molecule has 88 valence electrons. The minimum absolute atomic E-state index is 0.206. The van der Waals surface area contributed by atoms with Crippen molar-refractivity contribution in [2.24, 2.45) is 0 Å². The molecule has 0 unspecified atom stereocenters. The first-order valence-corrected chi connectivity index (χ1v) is 7.79. The Morgan fingerprint density at radius 2 is 2.12 bits per heavy atom. The number of carbonyl (C=O) groups is 1. The van der Waals surface area contributed by atoms with Gasteiger partial charge in [0.1, 0.15) is 4.88 Å². The van der Waals surface area contributed by atoms with E-state index in [9.17, 15) is 4.79 Å².